The van der Waals surface area contributed by atoms with E-state index in [0.29, 0.717) is 5.69 Å². The Kier molecular flexibility index (Phi) is 2.45. The van der Waals surface area contributed by atoms with Crippen molar-refractivity contribution in [2.75, 3.05) is 5.73 Å². The van der Waals surface area contributed by atoms with Crippen LogP contribution in [0, 0.1) is 5.82 Å². The van der Waals surface area contributed by atoms with Crippen molar-refractivity contribution < 1.29 is 4.39 Å². The molecule has 1 aromatic heterocycles. The summed E-state index contributed by atoms with van der Waals surface area (Å²) < 4.78 is 13.2. The number of halogens is 1. The average Bonchev–Trinajstić information content (AvgIpc) is 2.38. The van der Waals surface area contributed by atoms with Gasteiger partial charge in [0.25, 0.3) is 0 Å². The van der Waals surface area contributed by atoms with Crippen LogP contribution in [-0.4, -0.2) is 4.98 Å². The molecule has 2 N–H and O–H groups in total. The summed E-state index contributed by atoms with van der Waals surface area (Å²) in [5.74, 6) is -0.250. The zero-order valence-corrected chi connectivity index (χ0v) is 9.60. The smallest absolute Gasteiger partial charge is 0.123 e. The Morgan fingerprint density at radius 1 is 0.944 bits per heavy atom. The van der Waals surface area contributed by atoms with Crippen molar-refractivity contribution in [2.24, 2.45) is 0 Å². The van der Waals surface area contributed by atoms with Crippen LogP contribution in [0.15, 0.2) is 54.7 Å². The van der Waals surface area contributed by atoms with Gasteiger partial charge in [-0.05, 0) is 42.0 Å². The lowest BCUT2D eigenvalue weighted by atomic mass is 10.1. The van der Waals surface area contributed by atoms with E-state index in [-0.39, 0.29) is 5.82 Å². The molecule has 2 aromatic carbocycles. The number of nitrogens with zero attached hydrogens (tertiary/aromatic N) is 1. The Morgan fingerprint density at radius 3 is 2.67 bits per heavy atom. The second kappa shape index (κ2) is 4.11. The highest BCUT2D eigenvalue weighted by atomic mass is 19.1. The van der Waals surface area contributed by atoms with Crippen molar-refractivity contribution >= 4 is 16.6 Å². The molecule has 3 aromatic rings. The normalized spacial score (nSPS) is 10.7. The van der Waals surface area contributed by atoms with E-state index in [1.807, 2.05) is 30.3 Å². The molecule has 1 heterocycles. The van der Waals surface area contributed by atoms with E-state index in [1.54, 1.807) is 12.3 Å². The Labute approximate surface area is 104 Å². The Hall–Kier alpha value is -2.42. The van der Waals surface area contributed by atoms with Crippen molar-refractivity contribution in [3.63, 3.8) is 0 Å². The molecule has 3 heteroatoms. The number of benzene rings is 2. The first-order chi connectivity index (χ1) is 8.72. The molecule has 3 rings (SSSR count). The highest BCUT2D eigenvalue weighted by Crippen LogP contribution is 2.24. The fourth-order valence-corrected chi connectivity index (χ4v) is 1.98. The van der Waals surface area contributed by atoms with Gasteiger partial charge in [0.05, 0.1) is 5.52 Å². The van der Waals surface area contributed by atoms with E-state index >= 15 is 0 Å². The van der Waals surface area contributed by atoms with E-state index in [4.69, 9.17) is 5.73 Å². The van der Waals surface area contributed by atoms with Crippen LogP contribution >= 0.6 is 0 Å². The van der Waals surface area contributed by atoms with Crippen molar-refractivity contribution in [3.8, 4) is 11.1 Å². The molecule has 0 aliphatic rings. The number of pyridine rings is 1. The van der Waals surface area contributed by atoms with Crippen molar-refractivity contribution in [3.05, 3.63) is 60.5 Å². The van der Waals surface area contributed by atoms with Gasteiger partial charge in [0.15, 0.2) is 0 Å². The van der Waals surface area contributed by atoms with Crippen LogP contribution in [0.3, 0.4) is 0 Å². The van der Waals surface area contributed by atoms with Crippen LogP contribution < -0.4 is 5.73 Å². The predicted molar refractivity (Wildman–Crippen MR) is 71.5 cm³/mol. The van der Waals surface area contributed by atoms with Crippen LogP contribution in [0.5, 0.6) is 0 Å². The second-order valence-electron chi connectivity index (χ2n) is 4.19. The molecule has 0 aliphatic heterocycles. The second-order valence-corrected chi connectivity index (χ2v) is 4.19. The maximum absolute atomic E-state index is 13.2. The van der Waals surface area contributed by atoms with Crippen LogP contribution in [0.4, 0.5) is 10.1 Å². The summed E-state index contributed by atoms with van der Waals surface area (Å²) in [6.45, 7) is 0. The summed E-state index contributed by atoms with van der Waals surface area (Å²) in [4.78, 5) is 4.35. The summed E-state index contributed by atoms with van der Waals surface area (Å²) >= 11 is 0. The Morgan fingerprint density at radius 2 is 1.83 bits per heavy atom. The van der Waals surface area contributed by atoms with Gasteiger partial charge in [-0.15, -0.1) is 0 Å². The quantitative estimate of drug-likeness (QED) is 0.657. The first-order valence-electron chi connectivity index (χ1n) is 5.63. The summed E-state index contributed by atoms with van der Waals surface area (Å²) in [6.07, 6.45) is 1.74. The number of rotatable bonds is 1. The highest BCUT2D eigenvalue weighted by Gasteiger charge is 2.02. The molecular weight excluding hydrogens is 227 g/mol. The monoisotopic (exact) mass is 238 g/mol. The molecule has 0 atom stereocenters. The largest absolute Gasteiger partial charge is 0.399 e. The molecule has 0 bridgehead atoms. The fraction of sp³-hybridized carbons (Fsp3) is 0. The number of fused-ring (bicyclic) bond motifs is 1. The lowest BCUT2D eigenvalue weighted by molar-refractivity contribution is 0.628. The summed E-state index contributed by atoms with van der Waals surface area (Å²) in [5, 5.41) is 0.955. The van der Waals surface area contributed by atoms with E-state index in [0.717, 1.165) is 22.0 Å². The van der Waals surface area contributed by atoms with E-state index < -0.39 is 0 Å². The van der Waals surface area contributed by atoms with E-state index in [9.17, 15) is 4.39 Å². The third-order valence-electron chi connectivity index (χ3n) is 2.86. The summed E-state index contributed by atoms with van der Waals surface area (Å²) in [6, 6.07) is 14.0. The van der Waals surface area contributed by atoms with Gasteiger partial charge in [-0.2, -0.15) is 0 Å². The fourth-order valence-electron chi connectivity index (χ4n) is 1.98. The Balaban J connectivity index is 2.18. The molecule has 0 fully saturated rings. The van der Waals surface area contributed by atoms with Crippen molar-refractivity contribution in [1.82, 2.24) is 4.98 Å². The molecule has 0 saturated carbocycles. The lowest BCUT2D eigenvalue weighted by Gasteiger charge is -2.04. The number of aromatic nitrogens is 1. The molecule has 0 saturated heterocycles. The number of nitrogens with two attached hydrogens (primary N) is 1. The zero-order chi connectivity index (χ0) is 12.5. The van der Waals surface area contributed by atoms with E-state index in [2.05, 4.69) is 4.98 Å². The molecule has 2 nitrogen and oxygen atoms in total. The van der Waals surface area contributed by atoms with Crippen LogP contribution in [-0.2, 0) is 0 Å². The van der Waals surface area contributed by atoms with Gasteiger partial charge < -0.3 is 5.73 Å². The van der Waals surface area contributed by atoms with Crippen LogP contribution in [0.25, 0.3) is 22.0 Å². The van der Waals surface area contributed by atoms with Crippen molar-refractivity contribution in [2.45, 2.75) is 0 Å². The maximum atomic E-state index is 13.2. The molecule has 0 amide bonds. The SMILES string of the molecule is Nc1ccc2ncc(-c3cccc(F)c3)cc2c1. The summed E-state index contributed by atoms with van der Waals surface area (Å²) in [7, 11) is 0. The van der Waals surface area contributed by atoms with Gasteiger partial charge in [0, 0.05) is 22.8 Å². The number of hydrogen-bond donors (Lipinski definition) is 1. The molecule has 0 unspecified atom stereocenters. The van der Waals surface area contributed by atoms with Crippen molar-refractivity contribution in [1.29, 1.82) is 0 Å². The van der Waals surface area contributed by atoms with Crippen LogP contribution in [0.1, 0.15) is 0 Å². The zero-order valence-electron chi connectivity index (χ0n) is 9.60. The lowest BCUT2D eigenvalue weighted by Crippen LogP contribution is -1.87. The molecule has 0 radical (unpaired) electrons. The average molecular weight is 238 g/mol. The Bertz CT molecular complexity index is 723. The minimum Gasteiger partial charge on any atom is -0.399 e. The molecule has 18 heavy (non-hydrogen) atoms. The number of hydrogen-bond acceptors (Lipinski definition) is 2. The van der Waals surface area contributed by atoms with Gasteiger partial charge in [-0.25, -0.2) is 4.39 Å². The summed E-state index contributed by atoms with van der Waals surface area (Å²) in [5.41, 5.74) is 9.02. The molecule has 0 aliphatic carbocycles. The third-order valence-corrected chi connectivity index (χ3v) is 2.86. The first-order valence-corrected chi connectivity index (χ1v) is 5.63. The number of anilines is 1. The highest BCUT2D eigenvalue weighted by molar-refractivity contribution is 5.85. The standard InChI is InChI=1S/C15H11FN2/c16-13-3-1-2-10(7-13)12-6-11-8-14(17)4-5-15(11)18-9-12/h1-9H,17H2. The van der Waals surface area contributed by atoms with Crippen LogP contribution in [0.2, 0.25) is 0 Å². The minimum atomic E-state index is -0.250. The van der Waals surface area contributed by atoms with Gasteiger partial charge in [-0.3, -0.25) is 4.98 Å². The predicted octanol–water partition coefficient (Wildman–Crippen LogP) is 3.62. The van der Waals surface area contributed by atoms with Gasteiger partial charge in [0.2, 0.25) is 0 Å². The molecule has 0 spiro atoms. The molecule has 88 valence electrons. The maximum Gasteiger partial charge on any atom is 0.123 e. The number of nitrogen functional groups attached to an aromatic ring is 1. The minimum absolute atomic E-state index is 0.250. The van der Waals surface area contributed by atoms with Gasteiger partial charge >= 0.3 is 0 Å². The van der Waals surface area contributed by atoms with Gasteiger partial charge in [0.1, 0.15) is 5.82 Å². The third kappa shape index (κ3) is 1.91. The van der Waals surface area contributed by atoms with E-state index in [1.165, 1.54) is 12.1 Å². The molecular formula is C15H11FN2. The topological polar surface area (TPSA) is 38.9 Å². The first kappa shape index (κ1) is 10.7. The van der Waals surface area contributed by atoms with Gasteiger partial charge in [-0.1, -0.05) is 12.1 Å².